The largest absolute Gasteiger partial charge is 0.323 e. The summed E-state index contributed by atoms with van der Waals surface area (Å²) < 4.78 is 0. The van der Waals surface area contributed by atoms with Crippen molar-refractivity contribution in [2.75, 3.05) is 18.4 Å². The minimum atomic E-state index is 0.00685. The first-order chi connectivity index (χ1) is 7.68. The zero-order valence-corrected chi connectivity index (χ0v) is 9.79. The van der Waals surface area contributed by atoms with Crippen LogP contribution in [0.3, 0.4) is 0 Å². The number of rotatable bonds is 2. The molecule has 1 aliphatic heterocycles. The topological polar surface area (TPSA) is 54.0 Å². The van der Waals surface area contributed by atoms with Gasteiger partial charge < -0.3 is 10.6 Å². The van der Waals surface area contributed by atoms with E-state index in [1.54, 1.807) is 18.5 Å². The van der Waals surface area contributed by atoms with Crippen molar-refractivity contribution < 1.29 is 4.79 Å². The van der Waals surface area contributed by atoms with E-state index >= 15 is 0 Å². The van der Waals surface area contributed by atoms with Crippen LogP contribution in [0.4, 0.5) is 5.69 Å². The maximum atomic E-state index is 11.9. The standard InChI is InChI=1S/C11H14ClN3O/c1-7-4-14-5-8(7)11(16)15-10-6-13-3-2-9(10)12/h2-3,6-8,14H,4-5H2,1H3,(H,15,16). The Labute approximate surface area is 99.4 Å². The Hall–Kier alpha value is -1.13. The second-order valence-electron chi connectivity index (χ2n) is 4.09. The van der Waals surface area contributed by atoms with E-state index in [2.05, 4.69) is 22.5 Å². The molecule has 2 rings (SSSR count). The van der Waals surface area contributed by atoms with Crippen molar-refractivity contribution in [3.05, 3.63) is 23.5 Å². The lowest BCUT2D eigenvalue weighted by Crippen LogP contribution is -2.27. The molecule has 1 amide bonds. The molecule has 0 spiro atoms. The van der Waals surface area contributed by atoms with Crippen LogP contribution in [0.15, 0.2) is 18.5 Å². The molecule has 1 fully saturated rings. The summed E-state index contributed by atoms with van der Waals surface area (Å²) in [5.41, 5.74) is 0.577. The Balaban J connectivity index is 2.05. The molecule has 1 aromatic heterocycles. The third kappa shape index (κ3) is 2.33. The van der Waals surface area contributed by atoms with Gasteiger partial charge in [-0.05, 0) is 18.5 Å². The zero-order chi connectivity index (χ0) is 11.5. The van der Waals surface area contributed by atoms with Crippen LogP contribution in [0.25, 0.3) is 0 Å². The van der Waals surface area contributed by atoms with Crippen molar-refractivity contribution in [2.45, 2.75) is 6.92 Å². The highest BCUT2D eigenvalue weighted by Gasteiger charge is 2.29. The van der Waals surface area contributed by atoms with Crippen molar-refractivity contribution in [1.82, 2.24) is 10.3 Å². The van der Waals surface area contributed by atoms with Crippen LogP contribution >= 0.6 is 11.6 Å². The SMILES string of the molecule is CC1CNCC1C(=O)Nc1cnccc1Cl. The fourth-order valence-electron chi connectivity index (χ4n) is 1.86. The molecule has 0 bridgehead atoms. The Morgan fingerprint density at radius 3 is 3.06 bits per heavy atom. The van der Waals surface area contributed by atoms with Crippen LogP contribution in [-0.4, -0.2) is 24.0 Å². The van der Waals surface area contributed by atoms with Crippen molar-refractivity contribution >= 4 is 23.2 Å². The molecule has 4 nitrogen and oxygen atoms in total. The van der Waals surface area contributed by atoms with E-state index in [9.17, 15) is 4.79 Å². The monoisotopic (exact) mass is 239 g/mol. The zero-order valence-electron chi connectivity index (χ0n) is 9.03. The molecule has 86 valence electrons. The quantitative estimate of drug-likeness (QED) is 0.823. The normalized spacial score (nSPS) is 24.4. The third-order valence-corrected chi connectivity index (χ3v) is 3.21. The number of nitrogens with one attached hydrogen (secondary N) is 2. The summed E-state index contributed by atoms with van der Waals surface area (Å²) in [5.74, 6) is 0.374. The van der Waals surface area contributed by atoms with E-state index in [1.165, 1.54) is 0 Å². The smallest absolute Gasteiger partial charge is 0.229 e. The molecule has 1 aliphatic rings. The van der Waals surface area contributed by atoms with E-state index < -0.39 is 0 Å². The molecule has 5 heteroatoms. The predicted octanol–water partition coefficient (Wildman–Crippen LogP) is 1.53. The summed E-state index contributed by atoms with van der Waals surface area (Å²) in [6.45, 7) is 3.68. The maximum absolute atomic E-state index is 11.9. The highest BCUT2D eigenvalue weighted by molar-refractivity contribution is 6.33. The second kappa shape index (κ2) is 4.80. The van der Waals surface area contributed by atoms with Crippen LogP contribution in [0.5, 0.6) is 0 Å². The lowest BCUT2D eigenvalue weighted by atomic mass is 9.97. The second-order valence-corrected chi connectivity index (χ2v) is 4.49. The fraction of sp³-hybridized carbons (Fsp3) is 0.455. The molecule has 1 saturated heterocycles. The number of halogens is 1. The predicted molar refractivity (Wildman–Crippen MR) is 63.4 cm³/mol. The molecule has 0 saturated carbocycles. The highest BCUT2D eigenvalue weighted by atomic mass is 35.5. The van der Waals surface area contributed by atoms with Gasteiger partial charge in [0, 0.05) is 12.7 Å². The Morgan fingerprint density at radius 2 is 2.44 bits per heavy atom. The van der Waals surface area contributed by atoms with Gasteiger partial charge in [0.15, 0.2) is 0 Å². The van der Waals surface area contributed by atoms with E-state index in [1.807, 2.05) is 0 Å². The number of pyridine rings is 1. The molecule has 0 aromatic carbocycles. The first kappa shape index (κ1) is 11.4. The highest BCUT2D eigenvalue weighted by Crippen LogP contribution is 2.22. The van der Waals surface area contributed by atoms with E-state index in [4.69, 9.17) is 11.6 Å². The summed E-state index contributed by atoms with van der Waals surface area (Å²) in [4.78, 5) is 15.9. The lowest BCUT2D eigenvalue weighted by molar-refractivity contribution is -0.120. The minimum Gasteiger partial charge on any atom is -0.323 e. The first-order valence-electron chi connectivity index (χ1n) is 5.29. The Bertz CT molecular complexity index is 397. The van der Waals surface area contributed by atoms with Crippen molar-refractivity contribution in [3.8, 4) is 0 Å². The number of amides is 1. The maximum Gasteiger partial charge on any atom is 0.229 e. The lowest BCUT2D eigenvalue weighted by Gasteiger charge is -2.14. The molecule has 16 heavy (non-hydrogen) atoms. The molecule has 2 unspecified atom stereocenters. The van der Waals surface area contributed by atoms with Crippen LogP contribution in [-0.2, 0) is 4.79 Å². The van der Waals surface area contributed by atoms with Gasteiger partial charge in [-0.25, -0.2) is 0 Å². The fourth-order valence-corrected chi connectivity index (χ4v) is 2.01. The number of carbonyl (C=O) groups excluding carboxylic acids is 1. The molecule has 2 heterocycles. The summed E-state index contributed by atoms with van der Waals surface area (Å²) in [6, 6.07) is 1.66. The molecule has 0 aliphatic carbocycles. The van der Waals surface area contributed by atoms with Crippen LogP contribution in [0.1, 0.15) is 6.92 Å². The van der Waals surface area contributed by atoms with Crippen molar-refractivity contribution in [3.63, 3.8) is 0 Å². The van der Waals surface area contributed by atoms with Crippen molar-refractivity contribution in [2.24, 2.45) is 11.8 Å². The van der Waals surface area contributed by atoms with Gasteiger partial charge in [-0.1, -0.05) is 18.5 Å². The molecule has 1 aromatic rings. The Kier molecular flexibility index (Phi) is 3.41. The summed E-state index contributed by atoms with van der Waals surface area (Å²) in [7, 11) is 0. The van der Waals surface area contributed by atoms with Gasteiger partial charge in [-0.15, -0.1) is 0 Å². The summed E-state index contributed by atoms with van der Waals surface area (Å²) in [5, 5.41) is 6.52. The van der Waals surface area contributed by atoms with Crippen LogP contribution in [0.2, 0.25) is 5.02 Å². The average molecular weight is 240 g/mol. The number of anilines is 1. The summed E-state index contributed by atoms with van der Waals surface area (Å²) in [6.07, 6.45) is 3.16. The molecule has 2 atom stereocenters. The van der Waals surface area contributed by atoms with Gasteiger partial charge in [0.1, 0.15) is 0 Å². The molecular formula is C11H14ClN3O. The number of hydrogen-bond donors (Lipinski definition) is 2. The summed E-state index contributed by atoms with van der Waals surface area (Å²) >= 11 is 5.94. The van der Waals surface area contributed by atoms with E-state index in [0.29, 0.717) is 16.6 Å². The first-order valence-corrected chi connectivity index (χ1v) is 5.67. The van der Waals surface area contributed by atoms with Gasteiger partial charge in [0.25, 0.3) is 0 Å². The van der Waals surface area contributed by atoms with Gasteiger partial charge in [0.05, 0.1) is 22.8 Å². The molecular weight excluding hydrogens is 226 g/mol. The number of nitrogens with zero attached hydrogens (tertiary/aromatic N) is 1. The van der Waals surface area contributed by atoms with Gasteiger partial charge in [-0.2, -0.15) is 0 Å². The van der Waals surface area contributed by atoms with E-state index in [0.717, 1.165) is 13.1 Å². The molecule has 0 radical (unpaired) electrons. The number of aromatic nitrogens is 1. The number of hydrogen-bond acceptors (Lipinski definition) is 3. The average Bonchev–Trinajstić information content (AvgIpc) is 2.68. The molecule has 2 N–H and O–H groups in total. The van der Waals surface area contributed by atoms with E-state index in [-0.39, 0.29) is 11.8 Å². The van der Waals surface area contributed by atoms with Gasteiger partial charge >= 0.3 is 0 Å². The third-order valence-electron chi connectivity index (χ3n) is 2.88. The van der Waals surface area contributed by atoms with Gasteiger partial charge in [0.2, 0.25) is 5.91 Å². The Morgan fingerprint density at radius 1 is 1.62 bits per heavy atom. The van der Waals surface area contributed by atoms with Crippen LogP contribution in [0, 0.1) is 11.8 Å². The van der Waals surface area contributed by atoms with Crippen LogP contribution < -0.4 is 10.6 Å². The minimum absolute atomic E-state index is 0.00685. The van der Waals surface area contributed by atoms with Crippen molar-refractivity contribution in [1.29, 1.82) is 0 Å². The van der Waals surface area contributed by atoms with Gasteiger partial charge in [-0.3, -0.25) is 9.78 Å². The number of carbonyl (C=O) groups is 1.